The molecule has 0 aliphatic heterocycles. The second-order valence-corrected chi connectivity index (χ2v) is 7.28. The van der Waals surface area contributed by atoms with Crippen LogP contribution in [-0.4, -0.2) is 16.2 Å². The molecule has 0 saturated carbocycles. The number of benzene rings is 2. The van der Waals surface area contributed by atoms with E-state index in [0.29, 0.717) is 5.56 Å². The molecule has 6 nitrogen and oxygen atoms in total. The molecule has 0 radical (unpaired) electrons. The van der Waals surface area contributed by atoms with Crippen molar-refractivity contribution in [2.75, 3.05) is 5.43 Å². The summed E-state index contributed by atoms with van der Waals surface area (Å²) in [6.45, 7) is 4.09. The van der Waals surface area contributed by atoms with Crippen LogP contribution in [-0.2, 0) is 6.42 Å². The third-order valence-corrected chi connectivity index (χ3v) is 5.66. The molecule has 0 amide bonds. The standard InChI is InChI=1S/C24H20N6/c1-3-17-15(2)19(12-25)23-28-21-10-6-7-11-22(21)30(23)24(17)29-27-14-16-13-26-20-9-5-4-8-18(16)20/h4-11,13-14H,3H2,1-2H3,(H2,26,27,28,29)/p+1. The second kappa shape index (κ2) is 7.05. The molecule has 0 bridgehead atoms. The Labute approximate surface area is 173 Å². The maximum absolute atomic E-state index is 9.82. The Balaban J connectivity index is 1.69. The number of rotatable bonds is 4. The van der Waals surface area contributed by atoms with Gasteiger partial charge in [0.05, 0.1) is 6.21 Å². The van der Waals surface area contributed by atoms with E-state index in [1.54, 1.807) is 0 Å². The number of para-hydroxylation sites is 3. The van der Waals surface area contributed by atoms with E-state index in [0.717, 1.165) is 56.5 Å². The fraction of sp³-hybridized carbons (Fsp3) is 0.125. The minimum atomic E-state index is 0.661. The van der Waals surface area contributed by atoms with Crippen LogP contribution in [0.5, 0.6) is 0 Å². The van der Waals surface area contributed by atoms with Crippen molar-refractivity contribution in [2.24, 2.45) is 5.10 Å². The molecule has 0 aliphatic carbocycles. The maximum atomic E-state index is 9.82. The Morgan fingerprint density at radius 3 is 2.70 bits per heavy atom. The number of anilines is 1. The van der Waals surface area contributed by atoms with Gasteiger partial charge >= 0.3 is 0 Å². The monoisotopic (exact) mass is 393 g/mol. The maximum Gasteiger partial charge on any atom is 0.253 e. The van der Waals surface area contributed by atoms with Gasteiger partial charge in [-0.2, -0.15) is 15.1 Å². The van der Waals surface area contributed by atoms with Crippen LogP contribution in [0.15, 0.2) is 59.8 Å². The molecule has 0 saturated heterocycles. The Kier molecular flexibility index (Phi) is 4.22. The number of hydrogen-bond acceptors (Lipinski definition) is 3. The summed E-state index contributed by atoms with van der Waals surface area (Å²) in [5.74, 6) is 0.873. The molecule has 3 aromatic heterocycles. The van der Waals surface area contributed by atoms with Gasteiger partial charge in [-0.1, -0.05) is 37.3 Å². The number of aromatic amines is 2. The van der Waals surface area contributed by atoms with Crippen molar-refractivity contribution < 1.29 is 4.40 Å². The van der Waals surface area contributed by atoms with Crippen molar-refractivity contribution in [3.63, 3.8) is 0 Å². The van der Waals surface area contributed by atoms with Gasteiger partial charge in [-0.3, -0.25) is 4.98 Å². The number of H-pyrrole nitrogens is 2. The number of aromatic nitrogens is 3. The Morgan fingerprint density at radius 1 is 1.13 bits per heavy atom. The molecule has 146 valence electrons. The van der Waals surface area contributed by atoms with Crippen molar-refractivity contribution in [3.05, 3.63) is 77.0 Å². The first-order valence-corrected chi connectivity index (χ1v) is 9.96. The molecule has 5 rings (SSSR count). The van der Waals surface area contributed by atoms with Gasteiger partial charge in [0.2, 0.25) is 5.65 Å². The number of nitrogens with one attached hydrogen (secondary N) is 3. The van der Waals surface area contributed by atoms with Crippen LogP contribution in [0.2, 0.25) is 0 Å². The lowest BCUT2D eigenvalue weighted by molar-refractivity contribution is -0.465. The molecule has 30 heavy (non-hydrogen) atoms. The first-order chi connectivity index (χ1) is 14.7. The number of nitriles is 1. The van der Waals surface area contributed by atoms with Crippen molar-refractivity contribution in [1.29, 1.82) is 5.26 Å². The first kappa shape index (κ1) is 18.0. The largest absolute Gasteiger partial charge is 0.361 e. The van der Waals surface area contributed by atoms with Crippen molar-refractivity contribution in [1.82, 2.24) is 9.97 Å². The summed E-state index contributed by atoms with van der Waals surface area (Å²) in [5.41, 5.74) is 10.8. The highest BCUT2D eigenvalue weighted by atomic mass is 15.3. The second-order valence-electron chi connectivity index (χ2n) is 7.28. The lowest BCUT2D eigenvalue weighted by Crippen LogP contribution is -2.28. The molecule has 0 fully saturated rings. The van der Waals surface area contributed by atoms with Gasteiger partial charge in [0.25, 0.3) is 5.82 Å². The zero-order valence-corrected chi connectivity index (χ0v) is 16.8. The average molecular weight is 393 g/mol. The van der Waals surface area contributed by atoms with Gasteiger partial charge < -0.3 is 4.98 Å². The molecular formula is C24H21N6+. The molecule has 2 aromatic carbocycles. The van der Waals surface area contributed by atoms with Gasteiger partial charge in [0.15, 0.2) is 0 Å². The Bertz CT molecular complexity index is 1480. The number of fused-ring (bicyclic) bond motifs is 4. The van der Waals surface area contributed by atoms with E-state index in [1.807, 2.05) is 61.8 Å². The van der Waals surface area contributed by atoms with Crippen LogP contribution in [0.3, 0.4) is 0 Å². The molecule has 0 aliphatic rings. The topological polar surface area (TPSA) is 83.9 Å². The summed E-state index contributed by atoms with van der Waals surface area (Å²) >= 11 is 0. The number of pyridine rings is 1. The summed E-state index contributed by atoms with van der Waals surface area (Å²) in [5, 5.41) is 15.5. The normalized spacial score (nSPS) is 11.6. The number of hydrogen-bond donors (Lipinski definition) is 3. The molecule has 0 atom stereocenters. The fourth-order valence-electron chi connectivity index (χ4n) is 4.18. The van der Waals surface area contributed by atoms with Crippen LogP contribution in [0.4, 0.5) is 5.82 Å². The summed E-state index contributed by atoms with van der Waals surface area (Å²) in [6, 6.07) is 18.6. The molecule has 3 N–H and O–H groups in total. The molecule has 3 heterocycles. The highest BCUT2D eigenvalue weighted by molar-refractivity contribution is 5.99. The summed E-state index contributed by atoms with van der Waals surface area (Å²) < 4.78 is 2.06. The van der Waals surface area contributed by atoms with Gasteiger partial charge in [0.1, 0.15) is 22.7 Å². The van der Waals surface area contributed by atoms with Gasteiger partial charge in [0, 0.05) is 28.2 Å². The zero-order valence-electron chi connectivity index (χ0n) is 16.8. The molecule has 5 aromatic rings. The van der Waals surface area contributed by atoms with Crippen molar-refractivity contribution in [2.45, 2.75) is 20.3 Å². The predicted octanol–water partition coefficient (Wildman–Crippen LogP) is 4.58. The first-order valence-electron chi connectivity index (χ1n) is 9.96. The van der Waals surface area contributed by atoms with Gasteiger partial charge in [-0.05, 0) is 37.1 Å². The third kappa shape index (κ3) is 2.64. The minimum Gasteiger partial charge on any atom is -0.361 e. The molecule has 0 spiro atoms. The van der Waals surface area contributed by atoms with E-state index >= 15 is 0 Å². The predicted molar refractivity (Wildman–Crippen MR) is 120 cm³/mol. The van der Waals surface area contributed by atoms with E-state index in [9.17, 15) is 5.26 Å². The Hall–Kier alpha value is -4.11. The highest BCUT2D eigenvalue weighted by Crippen LogP contribution is 2.26. The highest BCUT2D eigenvalue weighted by Gasteiger charge is 2.24. The van der Waals surface area contributed by atoms with E-state index in [4.69, 9.17) is 0 Å². The van der Waals surface area contributed by atoms with Crippen molar-refractivity contribution >= 4 is 39.6 Å². The van der Waals surface area contributed by atoms with Crippen LogP contribution >= 0.6 is 0 Å². The number of hydrazone groups is 1. The van der Waals surface area contributed by atoms with Crippen LogP contribution in [0, 0.1) is 18.3 Å². The van der Waals surface area contributed by atoms with Crippen LogP contribution in [0.25, 0.3) is 27.6 Å². The Morgan fingerprint density at radius 2 is 1.90 bits per heavy atom. The SMILES string of the molecule is CCc1c(C)c(C#N)c2[nH]c3ccccc3[n+]2c1NN=Cc1c[nH]c2ccccc12. The molecule has 6 heteroatoms. The smallest absolute Gasteiger partial charge is 0.253 e. The zero-order chi connectivity index (χ0) is 20.7. The summed E-state index contributed by atoms with van der Waals surface area (Å²) in [7, 11) is 0. The summed E-state index contributed by atoms with van der Waals surface area (Å²) in [4.78, 5) is 6.67. The summed E-state index contributed by atoms with van der Waals surface area (Å²) in [6.07, 6.45) is 4.57. The van der Waals surface area contributed by atoms with Gasteiger partial charge in [-0.15, -0.1) is 5.10 Å². The van der Waals surface area contributed by atoms with E-state index in [-0.39, 0.29) is 0 Å². The quantitative estimate of drug-likeness (QED) is 0.237. The third-order valence-electron chi connectivity index (χ3n) is 5.66. The fourth-order valence-corrected chi connectivity index (χ4v) is 4.18. The van der Waals surface area contributed by atoms with Gasteiger partial charge in [-0.25, -0.2) is 0 Å². The number of imidazole rings is 1. The lowest BCUT2D eigenvalue weighted by atomic mass is 10.0. The minimum absolute atomic E-state index is 0.661. The van der Waals surface area contributed by atoms with Crippen molar-refractivity contribution in [3.8, 4) is 6.07 Å². The van der Waals surface area contributed by atoms with Crippen LogP contribution in [0.1, 0.15) is 29.2 Å². The average Bonchev–Trinajstić information content (AvgIpc) is 3.35. The lowest BCUT2D eigenvalue weighted by Gasteiger charge is -2.10. The van der Waals surface area contributed by atoms with E-state index < -0.39 is 0 Å². The van der Waals surface area contributed by atoms with E-state index in [1.165, 1.54) is 0 Å². The van der Waals surface area contributed by atoms with E-state index in [2.05, 4.69) is 44.0 Å². The molecular weight excluding hydrogens is 372 g/mol. The number of nitrogens with zero attached hydrogens (tertiary/aromatic N) is 3. The van der Waals surface area contributed by atoms with Crippen LogP contribution < -0.4 is 9.83 Å². The molecule has 0 unspecified atom stereocenters.